The first-order chi connectivity index (χ1) is 9.40. The quantitative estimate of drug-likeness (QED) is 0.692. The average molecular weight is 302 g/mol. The third-order valence-corrected chi connectivity index (χ3v) is 3.22. The fraction of sp³-hybridized carbons (Fsp3) is 0.333. The minimum Gasteiger partial charge on any atom is -0.478 e. The van der Waals surface area contributed by atoms with Crippen LogP contribution in [0.1, 0.15) is 16.8 Å². The summed E-state index contributed by atoms with van der Waals surface area (Å²) < 4.78 is 24.2. The second-order valence-corrected chi connectivity index (χ2v) is 5.57. The molecule has 1 aromatic carbocycles. The number of rotatable bonds is 6. The van der Waals surface area contributed by atoms with E-state index in [-0.39, 0.29) is 11.3 Å². The van der Waals surface area contributed by atoms with Crippen LogP contribution in [-0.4, -0.2) is 39.9 Å². The number of hydrogen-bond acceptors (Lipinski definition) is 3. The molecule has 1 atom stereocenters. The van der Waals surface area contributed by atoms with Crippen molar-refractivity contribution in [3.05, 3.63) is 29.6 Å². The van der Waals surface area contributed by atoms with Crippen LogP contribution in [0.15, 0.2) is 18.2 Å². The molecule has 0 saturated heterocycles. The molecule has 0 bridgehead atoms. The molecule has 6 nitrogen and oxygen atoms in total. The van der Waals surface area contributed by atoms with Crippen molar-refractivity contribution in [3.8, 4) is 0 Å². The van der Waals surface area contributed by atoms with Crippen molar-refractivity contribution in [2.45, 2.75) is 6.42 Å². The van der Waals surface area contributed by atoms with Crippen molar-refractivity contribution in [1.82, 2.24) is 5.32 Å². The fourth-order valence-corrected chi connectivity index (χ4v) is 1.95. The van der Waals surface area contributed by atoms with Crippen LogP contribution in [-0.2, 0) is 10.8 Å². The zero-order valence-corrected chi connectivity index (χ0v) is 11.6. The van der Waals surface area contributed by atoms with Crippen molar-refractivity contribution in [3.63, 3.8) is 0 Å². The highest BCUT2D eigenvalue weighted by atomic mass is 32.2. The minimum atomic E-state index is -1.21. The van der Waals surface area contributed by atoms with Gasteiger partial charge in [-0.05, 0) is 24.6 Å². The Morgan fingerprint density at radius 2 is 2.10 bits per heavy atom. The van der Waals surface area contributed by atoms with Gasteiger partial charge in [-0.15, -0.1) is 0 Å². The lowest BCUT2D eigenvalue weighted by molar-refractivity contribution is 0.0697. The summed E-state index contributed by atoms with van der Waals surface area (Å²) in [5.74, 6) is -1.47. The van der Waals surface area contributed by atoms with Gasteiger partial charge in [0.15, 0.2) is 0 Å². The van der Waals surface area contributed by atoms with Crippen molar-refractivity contribution in [2.75, 3.05) is 23.9 Å². The Bertz CT molecular complexity index is 536. The molecule has 3 N–H and O–H groups in total. The van der Waals surface area contributed by atoms with E-state index in [2.05, 4.69) is 10.6 Å². The van der Waals surface area contributed by atoms with E-state index in [1.54, 1.807) is 6.26 Å². The van der Waals surface area contributed by atoms with Gasteiger partial charge < -0.3 is 15.7 Å². The van der Waals surface area contributed by atoms with Gasteiger partial charge in [-0.2, -0.15) is 0 Å². The first-order valence-corrected chi connectivity index (χ1v) is 7.50. The topological polar surface area (TPSA) is 95.5 Å². The third-order valence-electron chi connectivity index (χ3n) is 2.36. The number of aromatic carboxylic acids is 1. The molecule has 1 aromatic rings. The number of amides is 2. The van der Waals surface area contributed by atoms with Crippen molar-refractivity contribution in [2.24, 2.45) is 0 Å². The predicted molar refractivity (Wildman–Crippen MR) is 73.9 cm³/mol. The smallest absolute Gasteiger partial charge is 0.335 e. The van der Waals surface area contributed by atoms with Crippen LogP contribution >= 0.6 is 0 Å². The van der Waals surface area contributed by atoms with Gasteiger partial charge in [0.2, 0.25) is 0 Å². The SMILES string of the molecule is CS(=O)CCCNC(=O)Nc1cc(C(=O)O)ccc1F. The summed E-state index contributed by atoms with van der Waals surface area (Å²) in [6, 6.07) is 2.47. The van der Waals surface area contributed by atoms with E-state index >= 15 is 0 Å². The highest BCUT2D eigenvalue weighted by molar-refractivity contribution is 7.84. The molecule has 2 amide bonds. The largest absolute Gasteiger partial charge is 0.478 e. The van der Waals surface area contributed by atoms with Crippen LogP contribution in [0.2, 0.25) is 0 Å². The highest BCUT2D eigenvalue weighted by Crippen LogP contribution is 2.16. The molecule has 110 valence electrons. The van der Waals surface area contributed by atoms with Gasteiger partial charge in [-0.3, -0.25) is 4.21 Å². The Hall–Kier alpha value is -1.96. The number of carbonyl (C=O) groups is 2. The number of anilines is 1. The Morgan fingerprint density at radius 1 is 1.40 bits per heavy atom. The van der Waals surface area contributed by atoms with Crippen molar-refractivity contribution in [1.29, 1.82) is 0 Å². The van der Waals surface area contributed by atoms with Crippen LogP contribution in [0.25, 0.3) is 0 Å². The summed E-state index contributed by atoms with van der Waals surface area (Å²) in [5, 5.41) is 13.5. The van der Waals surface area contributed by atoms with E-state index in [1.165, 1.54) is 0 Å². The van der Waals surface area contributed by atoms with Crippen LogP contribution in [0.5, 0.6) is 0 Å². The molecular weight excluding hydrogens is 287 g/mol. The number of benzene rings is 1. The first-order valence-electron chi connectivity index (χ1n) is 5.78. The van der Waals surface area contributed by atoms with Crippen molar-refractivity contribution < 1.29 is 23.3 Å². The van der Waals surface area contributed by atoms with Crippen LogP contribution in [0.4, 0.5) is 14.9 Å². The third kappa shape index (κ3) is 5.35. The molecule has 20 heavy (non-hydrogen) atoms. The second-order valence-electron chi connectivity index (χ2n) is 4.01. The van der Waals surface area contributed by atoms with Gasteiger partial charge >= 0.3 is 12.0 Å². The molecule has 8 heteroatoms. The van der Waals surface area contributed by atoms with Crippen LogP contribution in [0.3, 0.4) is 0 Å². The Kier molecular flexibility index (Phi) is 6.10. The summed E-state index contributed by atoms with van der Waals surface area (Å²) in [5.41, 5.74) is -0.329. The number of nitrogens with one attached hydrogen (secondary N) is 2. The van der Waals surface area contributed by atoms with Crippen LogP contribution < -0.4 is 10.6 Å². The zero-order valence-electron chi connectivity index (χ0n) is 10.8. The molecule has 1 rings (SSSR count). The Morgan fingerprint density at radius 3 is 2.70 bits per heavy atom. The number of carboxylic acids is 1. The summed E-state index contributed by atoms with van der Waals surface area (Å²) in [7, 11) is -0.927. The highest BCUT2D eigenvalue weighted by Gasteiger charge is 2.10. The number of hydrogen-bond donors (Lipinski definition) is 3. The number of carboxylic acid groups (broad SMARTS) is 1. The molecule has 1 unspecified atom stereocenters. The summed E-state index contributed by atoms with van der Waals surface area (Å²) >= 11 is 0. The first kappa shape index (κ1) is 16.1. The molecule has 0 radical (unpaired) electrons. The molecule has 0 heterocycles. The van der Waals surface area contributed by atoms with E-state index in [0.29, 0.717) is 18.7 Å². The van der Waals surface area contributed by atoms with Crippen LogP contribution in [0, 0.1) is 5.82 Å². The van der Waals surface area contributed by atoms with Crippen molar-refractivity contribution >= 4 is 28.5 Å². The molecular formula is C12H15FN2O4S. The summed E-state index contributed by atoms with van der Waals surface area (Å²) in [4.78, 5) is 22.2. The second kappa shape index (κ2) is 7.59. The number of halogens is 1. The lowest BCUT2D eigenvalue weighted by atomic mass is 10.2. The number of carbonyl (C=O) groups excluding carboxylic acids is 1. The lowest BCUT2D eigenvalue weighted by Gasteiger charge is -2.08. The molecule has 0 aliphatic rings. The fourth-order valence-electron chi connectivity index (χ4n) is 1.40. The maximum Gasteiger partial charge on any atom is 0.335 e. The van der Waals surface area contributed by atoms with Gasteiger partial charge in [-0.25, -0.2) is 14.0 Å². The predicted octanol–water partition coefficient (Wildman–Crippen LogP) is 1.41. The van der Waals surface area contributed by atoms with Gasteiger partial charge in [-0.1, -0.05) is 0 Å². The molecule has 0 saturated carbocycles. The summed E-state index contributed by atoms with van der Waals surface area (Å²) in [6.07, 6.45) is 2.10. The maximum atomic E-state index is 13.4. The molecule has 0 fully saturated rings. The van der Waals surface area contributed by atoms with Gasteiger partial charge in [0, 0.05) is 29.4 Å². The van der Waals surface area contributed by atoms with Gasteiger partial charge in [0.1, 0.15) is 5.82 Å². The van der Waals surface area contributed by atoms with Gasteiger partial charge in [0.25, 0.3) is 0 Å². The van der Waals surface area contributed by atoms with E-state index in [9.17, 15) is 18.2 Å². The Labute approximate surface area is 117 Å². The van der Waals surface area contributed by atoms with Gasteiger partial charge in [0.05, 0.1) is 11.3 Å². The van der Waals surface area contributed by atoms with E-state index in [0.717, 1.165) is 18.2 Å². The standard InChI is InChI=1S/C12H15FN2O4S/c1-20(19)6-2-5-14-12(18)15-10-7-8(11(16)17)3-4-9(10)13/h3-4,7H,2,5-6H2,1H3,(H,16,17)(H2,14,15,18). The monoisotopic (exact) mass is 302 g/mol. The molecule has 0 aliphatic carbocycles. The number of urea groups is 1. The Balaban J connectivity index is 2.55. The van der Waals surface area contributed by atoms with E-state index in [1.807, 2.05) is 0 Å². The average Bonchev–Trinajstić information content (AvgIpc) is 2.37. The lowest BCUT2D eigenvalue weighted by Crippen LogP contribution is -2.30. The molecule has 0 aliphatic heterocycles. The normalized spacial score (nSPS) is 11.7. The minimum absolute atomic E-state index is 0.122. The molecule has 0 spiro atoms. The van der Waals surface area contributed by atoms with E-state index < -0.39 is 28.6 Å². The zero-order chi connectivity index (χ0) is 15.1. The molecule has 0 aromatic heterocycles. The van der Waals surface area contributed by atoms with E-state index in [4.69, 9.17) is 5.11 Å². The maximum absolute atomic E-state index is 13.4. The summed E-state index contributed by atoms with van der Waals surface area (Å²) in [6.45, 7) is 0.297.